The Kier molecular flexibility index (Phi) is 8.44. The molecule has 0 atom stereocenters. The van der Waals surface area contributed by atoms with Gasteiger partial charge >= 0.3 is 0 Å². The molecule has 0 aliphatic heterocycles. The fraction of sp³-hybridized carbons (Fsp3) is 0.0161. The lowest BCUT2D eigenvalue weighted by Crippen LogP contribution is -2.28. The first kappa shape index (κ1) is 37.1. The molecule has 1 heterocycles. The Hall–Kier alpha value is -8.53. The summed E-state index contributed by atoms with van der Waals surface area (Å²) in [6.07, 6.45) is 0. The Morgan fingerprint density at radius 2 is 0.738 bits per heavy atom. The Balaban J connectivity index is 0.972. The molecule has 0 saturated carbocycles. The van der Waals surface area contributed by atoms with Crippen molar-refractivity contribution in [1.82, 2.24) is 15.0 Å². The molecule has 1 aliphatic rings. The smallest absolute Gasteiger partial charge is 0.164 e. The second-order valence-corrected chi connectivity index (χ2v) is 17.1. The number of nitrogens with zero attached hydrogens (tertiary/aromatic N) is 3. The second kappa shape index (κ2) is 14.8. The van der Waals surface area contributed by atoms with Crippen molar-refractivity contribution >= 4 is 32.3 Å². The molecule has 0 saturated heterocycles. The lowest BCUT2D eigenvalue weighted by molar-refractivity contribution is 0.768. The van der Waals surface area contributed by atoms with Crippen LogP contribution in [-0.2, 0) is 5.41 Å². The highest BCUT2D eigenvalue weighted by molar-refractivity contribution is 6.25. The number of aromatic nitrogens is 3. The monoisotopic (exact) mass is 825 g/mol. The molecule has 13 rings (SSSR count). The van der Waals surface area contributed by atoms with E-state index in [0.717, 1.165) is 16.7 Å². The van der Waals surface area contributed by atoms with Crippen LogP contribution in [-0.4, -0.2) is 15.0 Å². The van der Waals surface area contributed by atoms with Gasteiger partial charge in [-0.15, -0.1) is 0 Å². The van der Waals surface area contributed by atoms with E-state index < -0.39 is 5.41 Å². The molecule has 1 aromatic heterocycles. The minimum absolute atomic E-state index is 0.599. The highest BCUT2D eigenvalue weighted by Crippen LogP contribution is 2.57. The molecular weight excluding hydrogens is 787 g/mol. The molecule has 0 spiro atoms. The Morgan fingerprint density at radius 1 is 0.262 bits per heavy atom. The van der Waals surface area contributed by atoms with Crippen molar-refractivity contribution in [2.24, 2.45) is 0 Å². The standard InChI is InChI=1S/C62H39N3/c1-5-14-45(15-6-1)59-63-60(46-16-7-2-8-17-46)65-61(64-59)48-32-35-52-54-38-47(33-37-55(54)62(56(52)39-48,49-20-9-3-10-21-49)50-22-11-4-12-23-50)40-24-26-41(27-25-40)51-34-30-44-29-28-42-18-13-19-43-31-36-53(51)58(44)57(42)43/h1-39H. The highest BCUT2D eigenvalue weighted by atomic mass is 15.0. The average molecular weight is 826 g/mol. The highest BCUT2D eigenvalue weighted by Gasteiger charge is 2.46. The fourth-order valence-electron chi connectivity index (χ4n) is 10.6. The first-order valence-corrected chi connectivity index (χ1v) is 22.3. The van der Waals surface area contributed by atoms with Gasteiger partial charge in [-0.3, -0.25) is 0 Å². The van der Waals surface area contributed by atoms with E-state index in [9.17, 15) is 0 Å². The van der Waals surface area contributed by atoms with E-state index in [0.29, 0.717) is 17.5 Å². The van der Waals surface area contributed by atoms with Crippen LogP contribution in [0.4, 0.5) is 0 Å². The van der Waals surface area contributed by atoms with Crippen molar-refractivity contribution in [3.63, 3.8) is 0 Å². The van der Waals surface area contributed by atoms with Gasteiger partial charge in [-0.05, 0) is 100 Å². The lowest BCUT2D eigenvalue weighted by Gasteiger charge is -2.34. The van der Waals surface area contributed by atoms with Gasteiger partial charge < -0.3 is 0 Å². The maximum atomic E-state index is 5.17. The number of hydrogen-bond donors (Lipinski definition) is 0. The van der Waals surface area contributed by atoms with Crippen LogP contribution in [0.25, 0.3) is 99.9 Å². The van der Waals surface area contributed by atoms with Crippen molar-refractivity contribution in [3.8, 4) is 67.5 Å². The molecule has 3 nitrogen and oxygen atoms in total. The van der Waals surface area contributed by atoms with E-state index in [2.05, 4.69) is 200 Å². The molecule has 0 radical (unpaired) electrons. The molecule has 0 fully saturated rings. The molecule has 11 aromatic carbocycles. The zero-order valence-corrected chi connectivity index (χ0v) is 35.4. The summed E-state index contributed by atoms with van der Waals surface area (Å²) in [5.74, 6) is 1.92. The Bertz CT molecular complexity index is 3620. The van der Waals surface area contributed by atoms with Crippen molar-refractivity contribution in [1.29, 1.82) is 0 Å². The summed E-state index contributed by atoms with van der Waals surface area (Å²) in [5, 5.41) is 7.81. The van der Waals surface area contributed by atoms with E-state index in [1.807, 2.05) is 36.4 Å². The predicted octanol–water partition coefficient (Wildman–Crippen LogP) is 15.5. The molecular formula is C62H39N3. The molecule has 1 aliphatic carbocycles. The topological polar surface area (TPSA) is 38.7 Å². The normalized spacial score (nSPS) is 12.7. The summed E-state index contributed by atoms with van der Waals surface area (Å²) in [4.78, 5) is 15.3. The van der Waals surface area contributed by atoms with E-state index in [-0.39, 0.29) is 0 Å². The third-order valence-electron chi connectivity index (χ3n) is 13.6. The quantitative estimate of drug-likeness (QED) is 0.150. The molecule has 0 unspecified atom stereocenters. The first-order valence-electron chi connectivity index (χ1n) is 22.3. The van der Waals surface area contributed by atoms with Crippen molar-refractivity contribution in [2.45, 2.75) is 5.41 Å². The van der Waals surface area contributed by atoms with Gasteiger partial charge in [0.2, 0.25) is 0 Å². The third kappa shape index (κ3) is 5.86. The lowest BCUT2D eigenvalue weighted by atomic mass is 9.67. The van der Waals surface area contributed by atoms with Crippen LogP contribution >= 0.6 is 0 Å². The molecule has 0 N–H and O–H groups in total. The second-order valence-electron chi connectivity index (χ2n) is 17.1. The maximum Gasteiger partial charge on any atom is 0.164 e. The summed E-state index contributed by atoms with van der Waals surface area (Å²) in [7, 11) is 0. The van der Waals surface area contributed by atoms with Crippen LogP contribution in [0.2, 0.25) is 0 Å². The first-order chi connectivity index (χ1) is 32.2. The van der Waals surface area contributed by atoms with Gasteiger partial charge in [-0.2, -0.15) is 0 Å². The van der Waals surface area contributed by atoms with Gasteiger partial charge in [0.15, 0.2) is 17.5 Å². The van der Waals surface area contributed by atoms with Crippen LogP contribution in [0.5, 0.6) is 0 Å². The Labute approximate surface area is 377 Å². The van der Waals surface area contributed by atoms with E-state index in [1.165, 1.54) is 88.0 Å². The van der Waals surface area contributed by atoms with Crippen molar-refractivity contribution in [3.05, 3.63) is 259 Å². The van der Waals surface area contributed by atoms with Gasteiger partial charge in [-0.1, -0.05) is 224 Å². The average Bonchev–Trinajstić information content (AvgIpc) is 3.68. The molecule has 3 heteroatoms. The van der Waals surface area contributed by atoms with E-state index >= 15 is 0 Å². The predicted molar refractivity (Wildman–Crippen MR) is 268 cm³/mol. The SMILES string of the molecule is c1ccc(-c2nc(-c3ccccc3)nc(-c3ccc4c(c3)C(c3ccccc3)(c3ccccc3)c3ccc(-c5ccc(-c6ccc7ccc8cccc9ccc6c7c89)cc5)cc3-4)n2)cc1. The van der Waals surface area contributed by atoms with Gasteiger partial charge in [0, 0.05) is 16.7 Å². The molecule has 0 bridgehead atoms. The van der Waals surface area contributed by atoms with Gasteiger partial charge in [0.05, 0.1) is 5.41 Å². The minimum atomic E-state index is -0.599. The van der Waals surface area contributed by atoms with Crippen molar-refractivity contribution in [2.75, 3.05) is 0 Å². The van der Waals surface area contributed by atoms with Crippen LogP contribution in [0.1, 0.15) is 22.3 Å². The molecule has 0 amide bonds. The van der Waals surface area contributed by atoms with Crippen LogP contribution in [0, 0.1) is 0 Å². The van der Waals surface area contributed by atoms with Crippen LogP contribution < -0.4 is 0 Å². The van der Waals surface area contributed by atoms with Crippen LogP contribution in [0.15, 0.2) is 237 Å². The van der Waals surface area contributed by atoms with Gasteiger partial charge in [0.25, 0.3) is 0 Å². The summed E-state index contributed by atoms with van der Waals surface area (Å²) in [5.41, 5.74) is 14.3. The maximum absolute atomic E-state index is 5.17. The zero-order chi connectivity index (χ0) is 42.9. The Morgan fingerprint density at radius 3 is 1.35 bits per heavy atom. The fourth-order valence-corrected chi connectivity index (χ4v) is 10.6. The third-order valence-corrected chi connectivity index (χ3v) is 13.6. The van der Waals surface area contributed by atoms with Gasteiger partial charge in [-0.25, -0.2) is 15.0 Å². The summed E-state index contributed by atoms with van der Waals surface area (Å²) in [6.45, 7) is 0. The molecule has 12 aromatic rings. The number of benzene rings is 11. The van der Waals surface area contributed by atoms with E-state index in [1.54, 1.807) is 0 Å². The molecule has 302 valence electrons. The molecule has 65 heavy (non-hydrogen) atoms. The minimum Gasteiger partial charge on any atom is -0.208 e. The zero-order valence-electron chi connectivity index (χ0n) is 35.4. The van der Waals surface area contributed by atoms with E-state index in [4.69, 9.17) is 15.0 Å². The largest absolute Gasteiger partial charge is 0.208 e. The number of hydrogen-bond acceptors (Lipinski definition) is 3. The number of fused-ring (bicyclic) bond motifs is 3. The summed E-state index contributed by atoms with van der Waals surface area (Å²) in [6, 6.07) is 85.5. The summed E-state index contributed by atoms with van der Waals surface area (Å²) >= 11 is 0. The summed E-state index contributed by atoms with van der Waals surface area (Å²) < 4.78 is 0. The van der Waals surface area contributed by atoms with Crippen LogP contribution in [0.3, 0.4) is 0 Å². The van der Waals surface area contributed by atoms with Gasteiger partial charge in [0.1, 0.15) is 0 Å². The van der Waals surface area contributed by atoms with Crippen molar-refractivity contribution < 1.29 is 0 Å². The number of rotatable bonds is 7.